The Morgan fingerprint density at radius 3 is 2.53 bits per heavy atom. The summed E-state index contributed by atoms with van der Waals surface area (Å²) < 4.78 is 11.1. The minimum atomic E-state index is -0.552. The number of furan rings is 1. The van der Waals surface area contributed by atoms with Gasteiger partial charge >= 0.3 is 5.91 Å². The number of benzene rings is 2. The second-order valence-electron chi connectivity index (χ2n) is 6.91. The molecule has 0 fully saturated rings. The van der Waals surface area contributed by atoms with E-state index in [0.29, 0.717) is 17.1 Å². The number of carbonyl (C=O) groups excluding carboxylic acids is 2. The number of aryl methyl sites for hydroxylation is 2. The molecule has 30 heavy (non-hydrogen) atoms. The van der Waals surface area contributed by atoms with Crippen molar-refractivity contribution in [3.8, 4) is 5.75 Å². The number of nitrogens with one attached hydrogen (secondary N) is 3. The Kier molecular flexibility index (Phi) is 5.26. The molecule has 0 aliphatic rings. The van der Waals surface area contributed by atoms with Gasteiger partial charge in [-0.05, 0) is 61.9 Å². The molecule has 4 rings (SSSR count). The van der Waals surface area contributed by atoms with Crippen molar-refractivity contribution in [2.45, 2.75) is 20.5 Å². The fraction of sp³-hybridized carbons (Fsp3) is 0.130. The molecule has 0 atom stereocenters. The maximum Gasteiger partial charge on any atom is 0.305 e. The molecule has 0 saturated carbocycles. The molecule has 0 aliphatic heterocycles. The van der Waals surface area contributed by atoms with Gasteiger partial charge in [-0.2, -0.15) is 0 Å². The molecule has 0 radical (unpaired) electrons. The van der Waals surface area contributed by atoms with Crippen LogP contribution in [0.1, 0.15) is 37.9 Å². The van der Waals surface area contributed by atoms with Crippen LogP contribution in [0.2, 0.25) is 0 Å². The number of fused-ring (bicyclic) bond motifs is 1. The monoisotopic (exact) mass is 403 g/mol. The van der Waals surface area contributed by atoms with Crippen LogP contribution < -0.4 is 15.6 Å². The second-order valence-corrected chi connectivity index (χ2v) is 6.91. The van der Waals surface area contributed by atoms with E-state index in [0.717, 1.165) is 22.2 Å². The Balaban J connectivity index is 1.35. The summed E-state index contributed by atoms with van der Waals surface area (Å²) in [7, 11) is 0. The number of aromatic nitrogens is 1. The average molecular weight is 403 g/mol. The van der Waals surface area contributed by atoms with Crippen LogP contribution in [-0.2, 0) is 6.61 Å². The number of hydrogen-bond acceptors (Lipinski definition) is 4. The smallest absolute Gasteiger partial charge is 0.305 e. The van der Waals surface area contributed by atoms with Gasteiger partial charge in [-0.3, -0.25) is 20.4 Å². The van der Waals surface area contributed by atoms with E-state index in [2.05, 4.69) is 15.8 Å². The Hall–Kier alpha value is -4.00. The van der Waals surface area contributed by atoms with Crippen LogP contribution in [-0.4, -0.2) is 16.8 Å². The molecule has 7 nitrogen and oxygen atoms in total. The zero-order valence-corrected chi connectivity index (χ0v) is 16.6. The maximum atomic E-state index is 12.4. The topological polar surface area (TPSA) is 96.4 Å². The zero-order chi connectivity index (χ0) is 21.1. The van der Waals surface area contributed by atoms with E-state index in [4.69, 9.17) is 9.15 Å². The Morgan fingerprint density at radius 1 is 0.967 bits per heavy atom. The second kappa shape index (κ2) is 8.16. The number of ether oxygens (including phenoxy) is 1. The zero-order valence-electron chi connectivity index (χ0n) is 16.6. The van der Waals surface area contributed by atoms with Gasteiger partial charge in [0.05, 0.1) is 0 Å². The number of aromatic amines is 1. The molecule has 2 aromatic carbocycles. The van der Waals surface area contributed by atoms with E-state index in [1.165, 1.54) is 6.07 Å². The summed E-state index contributed by atoms with van der Waals surface area (Å²) in [6.07, 6.45) is 0. The molecule has 0 bridgehead atoms. The van der Waals surface area contributed by atoms with E-state index >= 15 is 0 Å². The molecule has 2 amide bonds. The van der Waals surface area contributed by atoms with Crippen molar-refractivity contribution in [2.75, 3.05) is 0 Å². The molecule has 0 unspecified atom stereocenters. The summed E-state index contributed by atoms with van der Waals surface area (Å²) in [5, 5.41) is 0.973. The lowest BCUT2D eigenvalue weighted by atomic mass is 10.1. The van der Waals surface area contributed by atoms with Crippen molar-refractivity contribution in [1.82, 2.24) is 15.8 Å². The molecule has 0 aliphatic carbocycles. The summed E-state index contributed by atoms with van der Waals surface area (Å²) in [6, 6.07) is 17.8. The van der Waals surface area contributed by atoms with Gasteiger partial charge < -0.3 is 14.1 Å². The van der Waals surface area contributed by atoms with Gasteiger partial charge in [0.1, 0.15) is 18.1 Å². The quantitative estimate of drug-likeness (QED) is 0.438. The van der Waals surface area contributed by atoms with Gasteiger partial charge in [-0.15, -0.1) is 0 Å². The molecule has 2 aromatic heterocycles. The summed E-state index contributed by atoms with van der Waals surface area (Å²) >= 11 is 0. The average Bonchev–Trinajstić information content (AvgIpc) is 3.35. The van der Waals surface area contributed by atoms with E-state index in [1.54, 1.807) is 18.2 Å². The molecule has 3 N–H and O–H groups in total. The first-order valence-electron chi connectivity index (χ1n) is 9.47. The lowest BCUT2D eigenvalue weighted by molar-refractivity contribution is 0.0828. The summed E-state index contributed by atoms with van der Waals surface area (Å²) in [5.74, 6) is 0.317. The number of rotatable bonds is 5. The molecule has 152 valence electrons. The van der Waals surface area contributed by atoms with Crippen molar-refractivity contribution >= 4 is 22.7 Å². The van der Waals surface area contributed by atoms with Gasteiger partial charge in [0, 0.05) is 22.2 Å². The molecular weight excluding hydrogens is 382 g/mol. The van der Waals surface area contributed by atoms with Crippen LogP contribution in [0.4, 0.5) is 0 Å². The van der Waals surface area contributed by atoms with Crippen molar-refractivity contribution in [2.24, 2.45) is 0 Å². The van der Waals surface area contributed by atoms with Crippen LogP contribution in [0.25, 0.3) is 10.9 Å². The van der Waals surface area contributed by atoms with Gasteiger partial charge in [0.15, 0.2) is 5.76 Å². The molecular formula is C23H21N3O4. The fourth-order valence-electron chi connectivity index (χ4n) is 3.10. The largest absolute Gasteiger partial charge is 0.486 e. The normalized spacial score (nSPS) is 10.7. The summed E-state index contributed by atoms with van der Waals surface area (Å²) in [6.45, 7) is 4.17. The third kappa shape index (κ3) is 4.05. The van der Waals surface area contributed by atoms with Crippen molar-refractivity contribution in [3.63, 3.8) is 0 Å². The minimum absolute atomic E-state index is 0.0783. The fourth-order valence-corrected chi connectivity index (χ4v) is 3.10. The molecule has 7 heteroatoms. The molecule has 0 saturated heterocycles. The first-order chi connectivity index (χ1) is 14.5. The lowest BCUT2D eigenvalue weighted by Gasteiger charge is -2.06. The summed E-state index contributed by atoms with van der Waals surface area (Å²) in [5.41, 5.74) is 8.34. The predicted molar refractivity (Wildman–Crippen MR) is 112 cm³/mol. The highest BCUT2D eigenvalue weighted by molar-refractivity contribution is 6.00. The molecule has 2 heterocycles. The Bertz CT molecular complexity index is 1210. The van der Waals surface area contributed by atoms with Crippen molar-refractivity contribution < 1.29 is 18.7 Å². The van der Waals surface area contributed by atoms with Crippen LogP contribution in [0.5, 0.6) is 5.75 Å². The van der Waals surface area contributed by atoms with Crippen LogP contribution >= 0.6 is 0 Å². The Labute approximate surface area is 173 Å². The SMILES string of the molecule is Cc1[nH]c2ccc(C(=O)NNC(=O)c3ccc(COc4ccccc4)o3)cc2c1C. The number of carbonyl (C=O) groups is 2. The third-order valence-corrected chi connectivity index (χ3v) is 4.87. The number of hydrazine groups is 1. The highest BCUT2D eigenvalue weighted by atomic mass is 16.5. The predicted octanol–water partition coefficient (Wildman–Crippen LogP) is 4.03. The summed E-state index contributed by atoms with van der Waals surface area (Å²) in [4.78, 5) is 28.0. The van der Waals surface area contributed by atoms with Crippen LogP contribution in [0.15, 0.2) is 65.1 Å². The van der Waals surface area contributed by atoms with Crippen LogP contribution in [0.3, 0.4) is 0 Å². The highest BCUT2D eigenvalue weighted by Gasteiger charge is 2.14. The highest BCUT2D eigenvalue weighted by Crippen LogP contribution is 2.22. The third-order valence-electron chi connectivity index (χ3n) is 4.87. The Morgan fingerprint density at radius 2 is 1.73 bits per heavy atom. The molecule has 0 spiro atoms. The first-order valence-corrected chi connectivity index (χ1v) is 9.47. The van der Waals surface area contributed by atoms with E-state index < -0.39 is 11.8 Å². The number of hydrogen-bond donors (Lipinski definition) is 3. The molecule has 4 aromatic rings. The van der Waals surface area contributed by atoms with E-state index in [1.807, 2.05) is 50.2 Å². The maximum absolute atomic E-state index is 12.4. The van der Waals surface area contributed by atoms with Gasteiger partial charge in [0.25, 0.3) is 5.91 Å². The van der Waals surface area contributed by atoms with Gasteiger partial charge in [-0.25, -0.2) is 0 Å². The number of H-pyrrole nitrogens is 1. The van der Waals surface area contributed by atoms with Gasteiger partial charge in [-0.1, -0.05) is 18.2 Å². The number of para-hydroxylation sites is 1. The standard InChI is InChI=1S/C23H21N3O4/c1-14-15(2)24-20-10-8-16(12-19(14)20)22(27)25-26-23(28)21-11-9-18(30-21)13-29-17-6-4-3-5-7-17/h3-12,24H,13H2,1-2H3,(H,25,27)(H,26,28). The van der Waals surface area contributed by atoms with E-state index in [-0.39, 0.29) is 12.4 Å². The van der Waals surface area contributed by atoms with Crippen LogP contribution in [0, 0.1) is 13.8 Å². The van der Waals surface area contributed by atoms with Crippen molar-refractivity contribution in [3.05, 3.63) is 89.0 Å². The number of amides is 2. The minimum Gasteiger partial charge on any atom is -0.486 e. The van der Waals surface area contributed by atoms with Gasteiger partial charge in [0.2, 0.25) is 0 Å². The first kappa shape index (κ1) is 19.3. The van der Waals surface area contributed by atoms with Crippen molar-refractivity contribution in [1.29, 1.82) is 0 Å². The van der Waals surface area contributed by atoms with E-state index in [9.17, 15) is 9.59 Å². The lowest BCUT2D eigenvalue weighted by Crippen LogP contribution is -2.41.